The summed E-state index contributed by atoms with van der Waals surface area (Å²) in [5.74, 6) is -0.391. The van der Waals surface area contributed by atoms with Crippen molar-refractivity contribution < 1.29 is 21.6 Å². The zero-order valence-corrected chi connectivity index (χ0v) is 20.0. The molecule has 0 aromatic heterocycles. The van der Waals surface area contributed by atoms with Crippen LogP contribution in [0.15, 0.2) is 82.6 Å². The molecule has 0 saturated carbocycles. The van der Waals surface area contributed by atoms with Gasteiger partial charge in [-0.15, -0.1) is 0 Å². The molecule has 1 aliphatic rings. The van der Waals surface area contributed by atoms with E-state index in [4.69, 9.17) is 5.14 Å². The summed E-state index contributed by atoms with van der Waals surface area (Å²) in [5.41, 5.74) is 2.74. The van der Waals surface area contributed by atoms with Gasteiger partial charge < -0.3 is 5.32 Å². The van der Waals surface area contributed by atoms with Crippen molar-refractivity contribution in [1.29, 1.82) is 0 Å². The number of benzene rings is 3. The fraction of sp³-hybridized carbons (Fsp3) is 0.208. The standard InChI is InChI=1S/C24H25N3O5S2/c25-33(29,30)21-12-10-18(11-13-21)14-15-26-24(28)20-6-3-8-22(17-20)34(31,32)27-16-4-7-19-5-1-2-9-23(19)27/h1-3,5-6,8-13,17H,4,7,14-16H2,(H,26,28)(H2,25,29,30). The molecule has 0 spiro atoms. The predicted molar refractivity (Wildman–Crippen MR) is 130 cm³/mol. The number of fused-ring (bicyclic) bond motifs is 1. The molecule has 0 aliphatic carbocycles. The van der Waals surface area contributed by atoms with Gasteiger partial charge in [-0.1, -0.05) is 36.4 Å². The van der Waals surface area contributed by atoms with Gasteiger partial charge in [0.25, 0.3) is 15.9 Å². The Bertz CT molecular complexity index is 1420. The summed E-state index contributed by atoms with van der Waals surface area (Å²) in [6, 6.07) is 19.6. The summed E-state index contributed by atoms with van der Waals surface area (Å²) in [5, 5.41) is 7.87. The van der Waals surface area contributed by atoms with Crippen LogP contribution in [0.2, 0.25) is 0 Å². The third-order valence-corrected chi connectivity index (χ3v) is 8.44. The highest BCUT2D eigenvalue weighted by atomic mass is 32.2. The lowest BCUT2D eigenvalue weighted by atomic mass is 10.0. The minimum absolute atomic E-state index is 0.0228. The molecule has 0 unspecified atom stereocenters. The van der Waals surface area contributed by atoms with Gasteiger partial charge in [0.2, 0.25) is 10.0 Å². The third kappa shape index (κ3) is 5.14. The first-order valence-electron chi connectivity index (χ1n) is 10.8. The molecule has 1 aliphatic heterocycles. The molecule has 8 nitrogen and oxygen atoms in total. The van der Waals surface area contributed by atoms with Gasteiger partial charge in [-0.2, -0.15) is 0 Å². The average Bonchev–Trinajstić information content (AvgIpc) is 2.83. The van der Waals surface area contributed by atoms with Crippen LogP contribution < -0.4 is 14.8 Å². The van der Waals surface area contributed by atoms with Gasteiger partial charge in [0.15, 0.2) is 0 Å². The molecule has 1 amide bonds. The molecule has 4 rings (SSSR count). The molecule has 0 radical (unpaired) electrons. The number of rotatable bonds is 7. The molecular weight excluding hydrogens is 474 g/mol. The zero-order valence-electron chi connectivity index (χ0n) is 18.3. The molecule has 3 aromatic carbocycles. The maximum absolute atomic E-state index is 13.4. The number of nitrogens with zero attached hydrogens (tertiary/aromatic N) is 1. The number of amides is 1. The van der Waals surface area contributed by atoms with E-state index in [1.54, 1.807) is 30.3 Å². The Morgan fingerprint density at radius 3 is 2.38 bits per heavy atom. The average molecular weight is 500 g/mol. The van der Waals surface area contributed by atoms with Crippen molar-refractivity contribution in [2.45, 2.75) is 29.1 Å². The maximum Gasteiger partial charge on any atom is 0.264 e. The van der Waals surface area contributed by atoms with E-state index in [1.165, 1.54) is 28.6 Å². The summed E-state index contributed by atoms with van der Waals surface area (Å²) in [6.45, 7) is 0.685. The molecule has 3 N–H and O–H groups in total. The number of carbonyl (C=O) groups is 1. The van der Waals surface area contributed by atoms with E-state index in [1.807, 2.05) is 18.2 Å². The molecule has 0 bridgehead atoms. The molecule has 1 heterocycles. The van der Waals surface area contributed by atoms with E-state index < -0.39 is 26.0 Å². The van der Waals surface area contributed by atoms with Crippen molar-refractivity contribution in [3.05, 3.63) is 89.5 Å². The summed E-state index contributed by atoms with van der Waals surface area (Å²) in [4.78, 5) is 12.7. The number of aryl methyl sites for hydroxylation is 1. The van der Waals surface area contributed by atoms with Crippen molar-refractivity contribution in [3.63, 3.8) is 0 Å². The molecule has 178 valence electrons. The minimum atomic E-state index is -3.82. The number of hydrogen-bond donors (Lipinski definition) is 2. The number of para-hydroxylation sites is 1. The van der Waals surface area contributed by atoms with Gasteiger partial charge in [-0.25, -0.2) is 22.0 Å². The number of sulfonamides is 2. The highest BCUT2D eigenvalue weighted by Crippen LogP contribution is 2.31. The Labute approximate surface area is 199 Å². The van der Waals surface area contributed by atoms with Crippen molar-refractivity contribution in [3.8, 4) is 0 Å². The second-order valence-electron chi connectivity index (χ2n) is 8.03. The number of primary sulfonamides is 1. The Morgan fingerprint density at radius 1 is 0.912 bits per heavy atom. The number of nitrogens with one attached hydrogen (secondary N) is 1. The molecule has 0 fully saturated rings. The lowest BCUT2D eigenvalue weighted by Crippen LogP contribution is -2.35. The van der Waals surface area contributed by atoms with Crippen molar-refractivity contribution in [2.75, 3.05) is 17.4 Å². The fourth-order valence-corrected chi connectivity index (χ4v) is 6.04. The second-order valence-corrected chi connectivity index (χ2v) is 11.5. The van der Waals surface area contributed by atoms with Crippen molar-refractivity contribution >= 4 is 31.6 Å². The third-order valence-electron chi connectivity index (χ3n) is 5.70. The summed E-state index contributed by atoms with van der Waals surface area (Å²) in [7, 11) is -7.57. The van der Waals surface area contributed by atoms with E-state index in [9.17, 15) is 21.6 Å². The van der Waals surface area contributed by atoms with Crippen LogP contribution in [0.3, 0.4) is 0 Å². The van der Waals surface area contributed by atoms with Crippen LogP contribution >= 0.6 is 0 Å². The van der Waals surface area contributed by atoms with Crippen molar-refractivity contribution in [2.24, 2.45) is 5.14 Å². The van der Waals surface area contributed by atoms with Gasteiger partial charge in [-0.05, 0) is 66.8 Å². The largest absolute Gasteiger partial charge is 0.352 e. The molecule has 0 atom stereocenters. The van der Waals surface area contributed by atoms with Gasteiger partial charge in [0, 0.05) is 18.7 Å². The minimum Gasteiger partial charge on any atom is -0.352 e. The first-order valence-corrected chi connectivity index (χ1v) is 13.8. The maximum atomic E-state index is 13.4. The fourth-order valence-electron chi connectivity index (χ4n) is 3.94. The van der Waals surface area contributed by atoms with Crippen molar-refractivity contribution in [1.82, 2.24) is 5.32 Å². The van der Waals surface area contributed by atoms with E-state index >= 15 is 0 Å². The number of nitrogens with two attached hydrogens (primary N) is 1. The molecule has 10 heteroatoms. The first-order chi connectivity index (χ1) is 16.2. The van der Waals surface area contributed by atoms with Crippen LogP contribution in [0.1, 0.15) is 27.9 Å². The highest BCUT2D eigenvalue weighted by molar-refractivity contribution is 7.92. The molecular formula is C24H25N3O5S2. The SMILES string of the molecule is NS(=O)(=O)c1ccc(CCNC(=O)c2cccc(S(=O)(=O)N3CCCc4ccccc43)c2)cc1. The quantitative estimate of drug-likeness (QED) is 0.516. The lowest BCUT2D eigenvalue weighted by Gasteiger charge is -2.30. The Morgan fingerprint density at radius 2 is 1.65 bits per heavy atom. The molecule has 3 aromatic rings. The van der Waals surface area contributed by atoms with Crippen LogP contribution in [-0.4, -0.2) is 35.8 Å². The Balaban J connectivity index is 1.44. The second kappa shape index (κ2) is 9.57. The predicted octanol–water partition coefficient (Wildman–Crippen LogP) is 2.45. The molecule has 34 heavy (non-hydrogen) atoms. The number of anilines is 1. The monoisotopic (exact) mass is 499 g/mol. The van der Waals surface area contributed by atoms with Crippen LogP contribution in [0.5, 0.6) is 0 Å². The van der Waals surface area contributed by atoms with Crippen LogP contribution in [0.25, 0.3) is 0 Å². The smallest absolute Gasteiger partial charge is 0.264 e. The number of hydrogen-bond acceptors (Lipinski definition) is 5. The summed E-state index contributed by atoms with van der Waals surface area (Å²) in [6.07, 6.45) is 2.03. The zero-order chi connectivity index (χ0) is 24.3. The van der Waals surface area contributed by atoms with E-state index in [0.717, 1.165) is 24.0 Å². The Kier molecular flexibility index (Phi) is 6.74. The van der Waals surface area contributed by atoms with Gasteiger partial charge >= 0.3 is 0 Å². The first kappa shape index (κ1) is 23.9. The van der Waals surface area contributed by atoms with Crippen LogP contribution in [0.4, 0.5) is 5.69 Å². The van der Waals surface area contributed by atoms with Gasteiger partial charge in [-0.3, -0.25) is 9.10 Å². The van der Waals surface area contributed by atoms with E-state index in [-0.39, 0.29) is 15.4 Å². The topological polar surface area (TPSA) is 127 Å². The Hall–Kier alpha value is -3.21. The van der Waals surface area contributed by atoms with E-state index in [0.29, 0.717) is 25.2 Å². The summed E-state index contributed by atoms with van der Waals surface area (Å²) >= 11 is 0. The van der Waals surface area contributed by atoms with Crippen LogP contribution in [0, 0.1) is 0 Å². The lowest BCUT2D eigenvalue weighted by molar-refractivity contribution is 0.0954. The highest BCUT2D eigenvalue weighted by Gasteiger charge is 2.29. The van der Waals surface area contributed by atoms with Gasteiger partial charge in [0.05, 0.1) is 15.5 Å². The summed E-state index contributed by atoms with van der Waals surface area (Å²) < 4.78 is 50.8. The normalized spacial score (nSPS) is 13.9. The number of carbonyl (C=O) groups excluding carboxylic acids is 1. The molecule has 0 saturated heterocycles. The van der Waals surface area contributed by atoms with E-state index in [2.05, 4.69) is 5.32 Å². The van der Waals surface area contributed by atoms with Gasteiger partial charge in [0.1, 0.15) is 0 Å². The van der Waals surface area contributed by atoms with Crippen LogP contribution in [-0.2, 0) is 32.9 Å².